The molecule has 0 saturated carbocycles. The lowest BCUT2D eigenvalue weighted by Gasteiger charge is -1.84. The fraction of sp³-hybridized carbons (Fsp3) is 0. The maximum Gasteiger partial charge on any atom is 0.123 e. The van der Waals surface area contributed by atoms with Gasteiger partial charge in [-0.05, 0) is 17.7 Å². The second-order valence-electron chi connectivity index (χ2n) is 1.45. The van der Waals surface area contributed by atoms with Gasteiger partial charge in [0.05, 0.1) is 0 Å². The smallest absolute Gasteiger partial charge is 0.123 e. The molecular formula is C7H8FN. The van der Waals surface area contributed by atoms with Crippen molar-refractivity contribution in [2.24, 2.45) is 0 Å². The van der Waals surface area contributed by atoms with Crippen LogP contribution in [-0.2, 0) is 0 Å². The van der Waals surface area contributed by atoms with Gasteiger partial charge in [-0.15, -0.1) is 0 Å². The predicted octanol–water partition coefficient (Wildman–Crippen LogP) is 2.23. The summed E-state index contributed by atoms with van der Waals surface area (Å²) < 4.78 is 12.1. The third-order valence-electron chi connectivity index (χ3n) is 0.704. The van der Waals surface area contributed by atoms with Crippen LogP contribution in [0.1, 0.15) is 0 Å². The Morgan fingerprint density at radius 3 is 2.44 bits per heavy atom. The summed E-state index contributed by atoms with van der Waals surface area (Å²) >= 11 is 0. The largest absolute Gasteiger partial charge is 0.308 e. The Kier molecular flexibility index (Phi) is 3.28. The van der Waals surface area contributed by atoms with Gasteiger partial charge in [-0.25, -0.2) is 4.39 Å². The summed E-state index contributed by atoms with van der Waals surface area (Å²) in [6.07, 6.45) is 3.18. The van der Waals surface area contributed by atoms with Crippen molar-refractivity contribution in [1.82, 2.24) is 0 Å². The molecule has 1 nitrogen and oxygen atoms in total. The second kappa shape index (κ2) is 3.78. The molecule has 1 N–H and O–H groups in total. The normalized spacial score (nSPS) is 10.6. The van der Waals surface area contributed by atoms with E-state index in [1.807, 2.05) is 0 Å². The van der Waals surface area contributed by atoms with Crippen molar-refractivity contribution >= 4 is 6.21 Å². The number of halogens is 1. The lowest BCUT2D eigenvalue weighted by Crippen LogP contribution is -1.74. The molecule has 0 amide bonds. The van der Waals surface area contributed by atoms with Crippen LogP contribution in [0.4, 0.5) is 4.39 Å². The molecule has 0 bridgehead atoms. The minimum atomic E-state index is -0.469. The number of hydrogen-bond acceptors (Lipinski definition) is 1. The summed E-state index contributed by atoms with van der Waals surface area (Å²) in [5, 5.41) is 6.61. The van der Waals surface area contributed by atoms with Gasteiger partial charge in [0.2, 0.25) is 0 Å². The van der Waals surface area contributed by atoms with Gasteiger partial charge >= 0.3 is 0 Å². The number of rotatable bonds is 3. The van der Waals surface area contributed by atoms with E-state index in [1.165, 1.54) is 0 Å². The number of nitrogens with one attached hydrogen (secondary N) is 1. The van der Waals surface area contributed by atoms with Crippen molar-refractivity contribution < 1.29 is 4.39 Å². The van der Waals surface area contributed by atoms with Crippen LogP contribution in [0, 0.1) is 5.41 Å². The maximum atomic E-state index is 12.1. The molecule has 0 rings (SSSR count). The summed E-state index contributed by atoms with van der Waals surface area (Å²) in [6.45, 7) is 6.54. The number of allylic oxidation sites excluding steroid dienone is 4. The fourth-order valence-corrected chi connectivity index (χ4v) is 0.278. The van der Waals surface area contributed by atoms with E-state index in [9.17, 15) is 4.39 Å². The average molecular weight is 125 g/mol. The highest BCUT2D eigenvalue weighted by atomic mass is 19.1. The van der Waals surface area contributed by atoms with Crippen LogP contribution in [0.15, 0.2) is 36.7 Å². The van der Waals surface area contributed by atoms with Crippen LogP contribution in [0.25, 0.3) is 0 Å². The van der Waals surface area contributed by atoms with Gasteiger partial charge in [-0.2, -0.15) is 0 Å². The maximum absolute atomic E-state index is 12.1. The van der Waals surface area contributed by atoms with Gasteiger partial charge in [0.25, 0.3) is 0 Å². The first-order valence-corrected chi connectivity index (χ1v) is 2.39. The van der Waals surface area contributed by atoms with Gasteiger partial charge in [0.1, 0.15) is 5.83 Å². The van der Waals surface area contributed by atoms with Crippen molar-refractivity contribution in [2.75, 3.05) is 0 Å². The third-order valence-corrected chi connectivity index (χ3v) is 0.704. The zero-order valence-corrected chi connectivity index (χ0v) is 5.02. The van der Waals surface area contributed by atoms with Gasteiger partial charge in [-0.1, -0.05) is 13.2 Å². The van der Waals surface area contributed by atoms with E-state index in [-0.39, 0.29) is 0 Å². The van der Waals surface area contributed by atoms with Crippen molar-refractivity contribution in [3.05, 3.63) is 36.7 Å². The molecule has 0 fully saturated rings. The molecule has 0 aromatic carbocycles. The van der Waals surface area contributed by atoms with Crippen molar-refractivity contribution in [2.45, 2.75) is 0 Å². The molecule has 9 heavy (non-hydrogen) atoms. The predicted molar refractivity (Wildman–Crippen MR) is 37.3 cm³/mol. The van der Waals surface area contributed by atoms with E-state index >= 15 is 0 Å². The molecule has 0 unspecified atom stereocenters. The molecule has 0 aromatic rings. The summed E-state index contributed by atoms with van der Waals surface area (Å²) in [4.78, 5) is 0. The molecular weight excluding hydrogens is 117 g/mol. The molecule has 0 atom stereocenters. The first-order valence-electron chi connectivity index (χ1n) is 2.39. The Bertz CT molecular complexity index is 168. The minimum absolute atomic E-state index is 0.326. The van der Waals surface area contributed by atoms with Gasteiger partial charge < -0.3 is 5.41 Å². The third kappa shape index (κ3) is 3.41. The molecule has 0 spiro atoms. The molecule has 0 aromatic heterocycles. The second-order valence-corrected chi connectivity index (χ2v) is 1.45. The van der Waals surface area contributed by atoms with Crippen molar-refractivity contribution in [3.63, 3.8) is 0 Å². The lowest BCUT2D eigenvalue weighted by molar-refractivity contribution is 0.667. The molecule has 0 aliphatic carbocycles. The van der Waals surface area contributed by atoms with Crippen LogP contribution in [0.5, 0.6) is 0 Å². The van der Waals surface area contributed by atoms with Crippen LogP contribution < -0.4 is 0 Å². The van der Waals surface area contributed by atoms with E-state index in [2.05, 4.69) is 13.2 Å². The lowest BCUT2D eigenvalue weighted by atomic mass is 10.3. The van der Waals surface area contributed by atoms with E-state index in [1.54, 1.807) is 0 Å². The highest BCUT2D eigenvalue weighted by molar-refractivity contribution is 5.78. The van der Waals surface area contributed by atoms with Crippen molar-refractivity contribution in [3.8, 4) is 0 Å². The van der Waals surface area contributed by atoms with Gasteiger partial charge in [0.15, 0.2) is 0 Å². The minimum Gasteiger partial charge on any atom is -0.308 e. The Balaban J connectivity index is 4.10. The zero-order chi connectivity index (χ0) is 7.28. The molecule has 0 aliphatic heterocycles. The number of hydrogen-bond donors (Lipinski definition) is 1. The summed E-state index contributed by atoms with van der Waals surface area (Å²) in [5.74, 6) is -0.469. The highest BCUT2D eigenvalue weighted by Crippen LogP contribution is 1.99. The SMILES string of the molecule is C=C/C(F)=C\C(=C)C=N. The topological polar surface area (TPSA) is 23.9 Å². The molecule has 0 heterocycles. The fourth-order valence-electron chi connectivity index (χ4n) is 0.278. The van der Waals surface area contributed by atoms with E-state index in [0.29, 0.717) is 5.57 Å². The monoisotopic (exact) mass is 125 g/mol. The summed E-state index contributed by atoms with van der Waals surface area (Å²) in [6, 6.07) is 0. The Morgan fingerprint density at radius 1 is 1.56 bits per heavy atom. The molecule has 2 heteroatoms. The average Bonchev–Trinajstić information content (AvgIpc) is 1.87. The highest BCUT2D eigenvalue weighted by Gasteiger charge is 1.84. The van der Waals surface area contributed by atoms with E-state index < -0.39 is 5.83 Å². The summed E-state index contributed by atoms with van der Waals surface area (Å²) in [5.41, 5.74) is 0.326. The molecule has 0 radical (unpaired) electrons. The van der Waals surface area contributed by atoms with Crippen LogP contribution >= 0.6 is 0 Å². The standard InChI is InChI=1S/C7H8FN/c1-3-7(8)4-6(2)5-9/h3-5,9H,1-2H2/b7-4+,9-5?. The quantitative estimate of drug-likeness (QED) is 0.441. The zero-order valence-electron chi connectivity index (χ0n) is 5.02. The first-order chi connectivity index (χ1) is 4.20. The van der Waals surface area contributed by atoms with E-state index in [0.717, 1.165) is 18.4 Å². The van der Waals surface area contributed by atoms with Gasteiger partial charge in [-0.3, -0.25) is 0 Å². The van der Waals surface area contributed by atoms with Crippen LogP contribution in [-0.4, -0.2) is 6.21 Å². The molecule has 0 aliphatic rings. The molecule has 48 valence electrons. The Hall–Kier alpha value is -1.18. The summed E-state index contributed by atoms with van der Waals surface area (Å²) in [7, 11) is 0. The van der Waals surface area contributed by atoms with E-state index in [4.69, 9.17) is 5.41 Å². The Morgan fingerprint density at radius 2 is 2.11 bits per heavy atom. The van der Waals surface area contributed by atoms with Crippen LogP contribution in [0.3, 0.4) is 0 Å². The Labute approximate surface area is 53.7 Å². The van der Waals surface area contributed by atoms with Crippen molar-refractivity contribution in [1.29, 1.82) is 5.41 Å². The molecule has 0 saturated heterocycles. The first kappa shape index (κ1) is 7.82. The van der Waals surface area contributed by atoms with Gasteiger partial charge in [0, 0.05) is 6.21 Å². The van der Waals surface area contributed by atoms with Crippen LogP contribution in [0.2, 0.25) is 0 Å².